The summed E-state index contributed by atoms with van der Waals surface area (Å²) >= 11 is 0. The van der Waals surface area contributed by atoms with Gasteiger partial charge in [-0.05, 0) is 30.6 Å². The summed E-state index contributed by atoms with van der Waals surface area (Å²) in [4.78, 5) is 11.4. The summed E-state index contributed by atoms with van der Waals surface area (Å²) in [7, 11) is 1.72. The highest BCUT2D eigenvalue weighted by atomic mass is 16.5. The summed E-state index contributed by atoms with van der Waals surface area (Å²) in [6.45, 7) is 9.20. The number of carboxylic acids is 1. The van der Waals surface area contributed by atoms with Gasteiger partial charge in [-0.1, -0.05) is 27.7 Å². The van der Waals surface area contributed by atoms with Crippen molar-refractivity contribution in [1.82, 2.24) is 5.32 Å². The van der Waals surface area contributed by atoms with Crippen LogP contribution in [0.5, 0.6) is 0 Å². The SMILES string of the molecule is CCC(COC)NC1CCC(C(=O)O)C(C)(C)C1C. The largest absolute Gasteiger partial charge is 0.481 e. The van der Waals surface area contributed by atoms with Crippen molar-refractivity contribution < 1.29 is 14.6 Å². The van der Waals surface area contributed by atoms with E-state index < -0.39 is 5.97 Å². The maximum Gasteiger partial charge on any atom is 0.307 e. The number of aliphatic carboxylic acids is 1. The second-order valence-corrected chi connectivity index (χ2v) is 6.41. The third-order valence-electron chi connectivity index (χ3n) is 5.05. The minimum Gasteiger partial charge on any atom is -0.481 e. The Hall–Kier alpha value is -0.610. The predicted octanol–water partition coefficient (Wildman–Crippen LogP) is 2.53. The molecule has 4 heteroatoms. The number of hydrogen-bond acceptors (Lipinski definition) is 3. The first-order valence-electron chi connectivity index (χ1n) is 7.32. The lowest BCUT2D eigenvalue weighted by molar-refractivity contribution is -0.150. The molecule has 0 aromatic rings. The molecule has 0 spiro atoms. The molecule has 1 fully saturated rings. The summed E-state index contributed by atoms with van der Waals surface area (Å²) in [6.07, 6.45) is 2.72. The fourth-order valence-electron chi connectivity index (χ4n) is 3.26. The molecule has 0 aromatic heterocycles. The van der Waals surface area contributed by atoms with Crippen LogP contribution >= 0.6 is 0 Å². The molecule has 0 aromatic carbocycles. The molecule has 2 N–H and O–H groups in total. The molecule has 4 unspecified atom stereocenters. The summed E-state index contributed by atoms with van der Waals surface area (Å²) in [5.41, 5.74) is -0.173. The number of carbonyl (C=O) groups is 1. The van der Waals surface area contributed by atoms with E-state index in [1.165, 1.54) is 0 Å². The molecule has 1 aliphatic carbocycles. The summed E-state index contributed by atoms with van der Waals surface area (Å²) < 4.78 is 5.23. The smallest absolute Gasteiger partial charge is 0.307 e. The zero-order valence-corrected chi connectivity index (χ0v) is 12.9. The van der Waals surface area contributed by atoms with Gasteiger partial charge < -0.3 is 15.2 Å². The van der Waals surface area contributed by atoms with E-state index >= 15 is 0 Å². The number of ether oxygens (including phenoxy) is 1. The lowest BCUT2D eigenvalue weighted by Gasteiger charge is -2.47. The summed E-state index contributed by atoms with van der Waals surface area (Å²) in [6, 6.07) is 0.736. The molecule has 0 bridgehead atoms. The van der Waals surface area contributed by atoms with Gasteiger partial charge in [0.05, 0.1) is 12.5 Å². The Labute approximate surface area is 116 Å². The van der Waals surface area contributed by atoms with Gasteiger partial charge in [-0.3, -0.25) is 4.79 Å². The first-order valence-corrected chi connectivity index (χ1v) is 7.32. The molecule has 0 radical (unpaired) electrons. The van der Waals surface area contributed by atoms with Crippen LogP contribution in [0.15, 0.2) is 0 Å². The molecular formula is C15H29NO3. The number of rotatable bonds is 6. The van der Waals surface area contributed by atoms with Crippen molar-refractivity contribution in [3.63, 3.8) is 0 Å². The Morgan fingerprint density at radius 1 is 1.47 bits per heavy atom. The van der Waals surface area contributed by atoms with Gasteiger partial charge in [-0.25, -0.2) is 0 Å². The first kappa shape index (κ1) is 16.4. The lowest BCUT2D eigenvalue weighted by Crippen LogP contribution is -2.54. The van der Waals surface area contributed by atoms with E-state index in [4.69, 9.17) is 4.74 Å². The van der Waals surface area contributed by atoms with Crippen molar-refractivity contribution in [3.8, 4) is 0 Å². The molecule has 0 aliphatic heterocycles. The van der Waals surface area contributed by atoms with Crippen LogP contribution in [0.25, 0.3) is 0 Å². The molecule has 4 atom stereocenters. The van der Waals surface area contributed by atoms with Gasteiger partial charge in [-0.2, -0.15) is 0 Å². The number of nitrogens with one attached hydrogen (secondary N) is 1. The third kappa shape index (κ3) is 3.69. The highest BCUT2D eigenvalue weighted by Crippen LogP contribution is 2.45. The van der Waals surface area contributed by atoms with Crippen molar-refractivity contribution in [2.75, 3.05) is 13.7 Å². The van der Waals surface area contributed by atoms with Gasteiger partial charge >= 0.3 is 5.97 Å². The number of methoxy groups -OCH3 is 1. The van der Waals surface area contributed by atoms with Crippen LogP contribution in [0, 0.1) is 17.3 Å². The zero-order valence-electron chi connectivity index (χ0n) is 12.9. The highest BCUT2D eigenvalue weighted by molar-refractivity contribution is 5.71. The third-order valence-corrected chi connectivity index (χ3v) is 5.05. The minimum absolute atomic E-state index is 0.173. The average molecular weight is 271 g/mol. The summed E-state index contributed by atoms with van der Waals surface area (Å²) in [5.74, 6) is -0.546. The monoisotopic (exact) mass is 271 g/mol. The first-order chi connectivity index (χ1) is 8.84. The Morgan fingerprint density at radius 3 is 2.58 bits per heavy atom. The molecule has 4 nitrogen and oxygen atoms in total. The van der Waals surface area contributed by atoms with Crippen LogP contribution in [0.1, 0.15) is 47.0 Å². The lowest BCUT2D eigenvalue weighted by atomic mass is 9.61. The Bertz CT molecular complexity index is 304. The van der Waals surface area contributed by atoms with E-state index in [0.29, 0.717) is 24.6 Å². The van der Waals surface area contributed by atoms with E-state index in [0.717, 1.165) is 19.3 Å². The zero-order chi connectivity index (χ0) is 14.6. The Morgan fingerprint density at radius 2 is 2.11 bits per heavy atom. The van der Waals surface area contributed by atoms with Crippen molar-refractivity contribution in [2.24, 2.45) is 17.3 Å². The number of hydrogen-bond donors (Lipinski definition) is 2. The van der Waals surface area contributed by atoms with E-state index in [-0.39, 0.29) is 11.3 Å². The van der Waals surface area contributed by atoms with Crippen LogP contribution in [-0.4, -0.2) is 36.9 Å². The summed E-state index contributed by atoms with van der Waals surface area (Å²) in [5, 5.41) is 13.0. The molecular weight excluding hydrogens is 242 g/mol. The minimum atomic E-state index is -0.653. The molecule has 0 saturated heterocycles. The van der Waals surface area contributed by atoms with Crippen molar-refractivity contribution in [3.05, 3.63) is 0 Å². The van der Waals surface area contributed by atoms with Gasteiger partial charge in [0.25, 0.3) is 0 Å². The van der Waals surface area contributed by atoms with Gasteiger partial charge in [0.1, 0.15) is 0 Å². The van der Waals surface area contributed by atoms with E-state index in [1.54, 1.807) is 7.11 Å². The van der Waals surface area contributed by atoms with Crippen LogP contribution in [0.3, 0.4) is 0 Å². The Balaban J connectivity index is 2.71. The van der Waals surface area contributed by atoms with Crippen molar-refractivity contribution in [2.45, 2.75) is 59.0 Å². The van der Waals surface area contributed by atoms with Crippen LogP contribution in [-0.2, 0) is 9.53 Å². The Kier molecular flexibility index (Phi) is 5.81. The van der Waals surface area contributed by atoms with Gasteiger partial charge in [-0.15, -0.1) is 0 Å². The molecule has 0 amide bonds. The molecule has 19 heavy (non-hydrogen) atoms. The van der Waals surface area contributed by atoms with Crippen molar-refractivity contribution >= 4 is 5.97 Å². The van der Waals surface area contributed by atoms with E-state index in [1.807, 2.05) is 0 Å². The normalized spacial score (nSPS) is 31.9. The maximum atomic E-state index is 11.4. The molecule has 1 saturated carbocycles. The molecule has 112 valence electrons. The van der Waals surface area contributed by atoms with Crippen molar-refractivity contribution in [1.29, 1.82) is 0 Å². The van der Waals surface area contributed by atoms with E-state index in [2.05, 4.69) is 33.0 Å². The molecule has 1 aliphatic rings. The second kappa shape index (κ2) is 6.71. The predicted molar refractivity (Wildman–Crippen MR) is 76.2 cm³/mol. The highest BCUT2D eigenvalue weighted by Gasteiger charge is 2.46. The second-order valence-electron chi connectivity index (χ2n) is 6.41. The van der Waals surface area contributed by atoms with Crippen LogP contribution < -0.4 is 5.32 Å². The fourth-order valence-corrected chi connectivity index (χ4v) is 3.26. The molecule has 1 rings (SSSR count). The van der Waals surface area contributed by atoms with Gasteiger partial charge in [0, 0.05) is 19.2 Å². The average Bonchev–Trinajstić information content (AvgIpc) is 2.33. The van der Waals surface area contributed by atoms with Gasteiger partial charge in [0.2, 0.25) is 0 Å². The van der Waals surface area contributed by atoms with Crippen LogP contribution in [0.4, 0.5) is 0 Å². The topological polar surface area (TPSA) is 58.6 Å². The van der Waals surface area contributed by atoms with Crippen LogP contribution in [0.2, 0.25) is 0 Å². The number of carboxylic acid groups (broad SMARTS) is 1. The molecule has 0 heterocycles. The standard InChI is InChI=1S/C15H29NO3/c1-6-11(9-19-5)16-13-8-7-12(14(17)18)15(3,4)10(13)2/h10-13,16H,6-9H2,1-5H3,(H,17,18). The van der Waals surface area contributed by atoms with E-state index in [9.17, 15) is 9.90 Å². The van der Waals surface area contributed by atoms with Gasteiger partial charge in [0.15, 0.2) is 0 Å². The maximum absolute atomic E-state index is 11.4. The quantitative estimate of drug-likeness (QED) is 0.779. The fraction of sp³-hybridized carbons (Fsp3) is 0.933.